The highest BCUT2D eigenvalue weighted by molar-refractivity contribution is 5.15. The standard InChI is InChI=1S/C21H31N5/c1-17-21(13-23-24(17)2)16-26-11-7-20(15-26)19-5-9-25(10-6-19)14-18-4-3-8-22-12-18/h3-4,8,12-13,19-20H,5-7,9-11,14-16H2,1-2H3/t20-/m1/s1. The van der Waals surface area contributed by atoms with Crippen LogP contribution in [0.4, 0.5) is 0 Å². The maximum absolute atomic E-state index is 4.39. The summed E-state index contributed by atoms with van der Waals surface area (Å²) in [4.78, 5) is 9.47. The van der Waals surface area contributed by atoms with Crippen molar-refractivity contribution in [1.82, 2.24) is 24.6 Å². The van der Waals surface area contributed by atoms with Crippen LogP contribution < -0.4 is 0 Å². The number of aromatic nitrogens is 3. The monoisotopic (exact) mass is 353 g/mol. The van der Waals surface area contributed by atoms with Crippen molar-refractivity contribution in [1.29, 1.82) is 0 Å². The van der Waals surface area contributed by atoms with E-state index in [1.807, 2.05) is 36.4 Å². The fraction of sp³-hybridized carbons (Fsp3) is 0.619. The van der Waals surface area contributed by atoms with Gasteiger partial charge in [-0.25, -0.2) is 0 Å². The lowest BCUT2D eigenvalue weighted by molar-refractivity contribution is 0.141. The fourth-order valence-corrected chi connectivity index (χ4v) is 4.66. The van der Waals surface area contributed by atoms with Gasteiger partial charge in [0.2, 0.25) is 0 Å². The lowest BCUT2D eigenvalue weighted by atomic mass is 9.83. The molecule has 4 heterocycles. The quantitative estimate of drug-likeness (QED) is 0.828. The first-order chi connectivity index (χ1) is 12.7. The molecular weight excluding hydrogens is 322 g/mol. The van der Waals surface area contributed by atoms with Crippen molar-refractivity contribution in [3.63, 3.8) is 0 Å². The van der Waals surface area contributed by atoms with Crippen LogP contribution in [-0.2, 0) is 20.1 Å². The third kappa shape index (κ3) is 3.99. The summed E-state index contributed by atoms with van der Waals surface area (Å²) in [7, 11) is 2.03. The van der Waals surface area contributed by atoms with Crippen molar-refractivity contribution >= 4 is 0 Å². The molecule has 0 N–H and O–H groups in total. The second kappa shape index (κ2) is 7.89. The van der Waals surface area contributed by atoms with Gasteiger partial charge in [0.1, 0.15) is 0 Å². The molecular formula is C21H31N5. The highest BCUT2D eigenvalue weighted by Gasteiger charge is 2.32. The van der Waals surface area contributed by atoms with E-state index >= 15 is 0 Å². The van der Waals surface area contributed by atoms with Crippen LogP contribution in [0.2, 0.25) is 0 Å². The second-order valence-electron chi connectivity index (χ2n) is 8.14. The number of rotatable bonds is 5. The number of likely N-dealkylation sites (tertiary alicyclic amines) is 2. The van der Waals surface area contributed by atoms with E-state index < -0.39 is 0 Å². The van der Waals surface area contributed by atoms with Crippen LogP contribution in [-0.4, -0.2) is 50.7 Å². The first-order valence-electron chi connectivity index (χ1n) is 10.00. The number of hydrogen-bond acceptors (Lipinski definition) is 4. The van der Waals surface area contributed by atoms with Gasteiger partial charge >= 0.3 is 0 Å². The molecule has 2 fully saturated rings. The molecule has 0 aliphatic carbocycles. The van der Waals surface area contributed by atoms with E-state index in [1.165, 1.54) is 62.3 Å². The van der Waals surface area contributed by atoms with Crippen molar-refractivity contribution in [2.24, 2.45) is 18.9 Å². The maximum Gasteiger partial charge on any atom is 0.0537 e. The predicted octanol–water partition coefficient (Wildman–Crippen LogP) is 2.86. The van der Waals surface area contributed by atoms with Gasteiger partial charge in [-0.05, 0) is 69.3 Å². The highest BCUT2D eigenvalue weighted by atomic mass is 15.3. The minimum absolute atomic E-state index is 0.882. The molecule has 2 aromatic rings. The summed E-state index contributed by atoms with van der Waals surface area (Å²) < 4.78 is 1.99. The van der Waals surface area contributed by atoms with Gasteiger partial charge in [-0.3, -0.25) is 19.5 Å². The third-order valence-corrected chi connectivity index (χ3v) is 6.47. The zero-order chi connectivity index (χ0) is 17.9. The summed E-state index contributed by atoms with van der Waals surface area (Å²) >= 11 is 0. The Morgan fingerprint density at radius 1 is 1.00 bits per heavy atom. The summed E-state index contributed by atoms with van der Waals surface area (Å²) in [6, 6.07) is 4.23. The van der Waals surface area contributed by atoms with Crippen LogP contribution >= 0.6 is 0 Å². The number of aryl methyl sites for hydroxylation is 1. The third-order valence-electron chi connectivity index (χ3n) is 6.47. The van der Waals surface area contributed by atoms with Gasteiger partial charge in [-0.2, -0.15) is 5.10 Å². The van der Waals surface area contributed by atoms with Gasteiger partial charge in [0.05, 0.1) is 6.20 Å². The molecule has 0 saturated carbocycles. The Kier molecular flexibility index (Phi) is 5.36. The van der Waals surface area contributed by atoms with Crippen molar-refractivity contribution < 1.29 is 0 Å². The van der Waals surface area contributed by atoms with Crippen LogP contribution in [0.3, 0.4) is 0 Å². The molecule has 5 heteroatoms. The zero-order valence-electron chi connectivity index (χ0n) is 16.1. The van der Waals surface area contributed by atoms with Gasteiger partial charge in [0.15, 0.2) is 0 Å². The van der Waals surface area contributed by atoms with E-state index in [9.17, 15) is 0 Å². The first-order valence-corrected chi connectivity index (χ1v) is 10.00. The molecule has 0 radical (unpaired) electrons. The summed E-state index contributed by atoms with van der Waals surface area (Å²) in [5.41, 5.74) is 4.03. The van der Waals surface area contributed by atoms with Crippen LogP contribution in [0.5, 0.6) is 0 Å². The van der Waals surface area contributed by atoms with Crippen molar-refractivity contribution in [3.8, 4) is 0 Å². The maximum atomic E-state index is 4.39. The van der Waals surface area contributed by atoms with Crippen LogP contribution in [0, 0.1) is 18.8 Å². The van der Waals surface area contributed by atoms with Gasteiger partial charge < -0.3 is 0 Å². The van der Waals surface area contributed by atoms with Crippen LogP contribution in [0.25, 0.3) is 0 Å². The molecule has 140 valence electrons. The Labute approximate surface area is 157 Å². The van der Waals surface area contributed by atoms with E-state index in [0.717, 1.165) is 24.9 Å². The molecule has 1 atom stereocenters. The van der Waals surface area contributed by atoms with E-state index in [2.05, 4.69) is 32.9 Å². The van der Waals surface area contributed by atoms with Gasteiger partial charge in [-0.1, -0.05) is 6.07 Å². The molecule has 0 bridgehead atoms. The van der Waals surface area contributed by atoms with E-state index in [1.54, 1.807) is 0 Å². The molecule has 2 aliphatic heterocycles. The van der Waals surface area contributed by atoms with E-state index in [0.29, 0.717) is 0 Å². The molecule has 0 unspecified atom stereocenters. The van der Waals surface area contributed by atoms with Crippen LogP contribution in [0.1, 0.15) is 36.1 Å². The Balaban J connectivity index is 1.24. The molecule has 4 rings (SSSR count). The topological polar surface area (TPSA) is 37.2 Å². The fourth-order valence-electron chi connectivity index (χ4n) is 4.66. The smallest absolute Gasteiger partial charge is 0.0537 e. The van der Waals surface area contributed by atoms with E-state index in [-0.39, 0.29) is 0 Å². The molecule has 2 aliphatic rings. The number of nitrogens with zero attached hydrogens (tertiary/aromatic N) is 5. The molecule has 0 spiro atoms. The molecule has 0 amide bonds. The Hall–Kier alpha value is -1.72. The summed E-state index contributed by atoms with van der Waals surface area (Å²) in [6.07, 6.45) is 9.97. The lowest BCUT2D eigenvalue weighted by Crippen LogP contribution is -2.36. The minimum Gasteiger partial charge on any atom is -0.299 e. The first kappa shape index (κ1) is 17.7. The lowest BCUT2D eigenvalue weighted by Gasteiger charge is -2.34. The molecule has 2 saturated heterocycles. The van der Waals surface area contributed by atoms with E-state index in [4.69, 9.17) is 0 Å². The minimum atomic E-state index is 0.882. The summed E-state index contributed by atoms with van der Waals surface area (Å²) in [6.45, 7) is 9.27. The van der Waals surface area contributed by atoms with Crippen molar-refractivity contribution in [2.75, 3.05) is 26.2 Å². The largest absolute Gasteiger partial charge is 0.299 e. The van der Waals surface area contributed by atoms with Crippen molar-refractivity contribution in [2.45, 2.75) is 39.3 Å². The van der Waals surface area contributed by atoms with Gasteiger partial charge in [0, 0.05) is 50.3 Å². The van der Waals surface area contributed by atoms with Crippen LogP contribution in [0.15, 0.2) is 30.7 Å². The molecule has 0 aromatic carbocycles. The SMILES string of the molecule is Cc1c(CN2CC[C@@H](C3CCN(Cc4cccnc4)CC3)C2)cnn1C. The molecule has 26 heavy (non-hydrogen) atoms. The Morgan fingerprint density at radius 3 is 2.46 bits per heavy atom. The second-order valence-corrected chi connectivity index (χ2v) is 8.14. The summed E-state index contributed by atoms with van der Waals surface area (Å²) in [5, 5.41) is 4.39. The average Bonchev–Trinajstić information content (AvgIpc) is 3.26. The molecule has 2 aromatic heterocycles. The van der Waals surface area contributed by atoms with Crippen molar-refractivity contribution in [3.05, 3.63) is 47.5 Å². The molecule has 5 nitrogen and oxygen atoms in total. The number of hydrogen-bond donors (Lipinski definition) is 0. The van der Waals surface area contributed by atoms with Gasteiger partial charge in [-0.15, -0.1) is 0 Å². The zero-order valence-corrected chi connectivity index (χ0v) is 16.1. The Morgan fingerprint density at radius 2 is 1.77 bits per heavy atom. The number of pyridine rings is 1. The van der Waals surface area contributed by atoms with Gasteiger partial charge in [0.25, 0.3) is 0 Å². The predicted molar refractivity (Wildman–Crippen MR) is 104 cm³/mol. The summed E-state index contributed by atoms with van der Waals surface area (Å²) in [5.74, 6) is 1.78. The number of piperidine rings is 1. The Bertz CT molecular complexity index is 702. The average molecular weight is 354 g/mol. The highest BCUT2D eigenvalue weighted by Crippen LogP contribution is 2.33. The normalized spacial score (nSPS) is 22.9.